The molecule has 0 saturated carbocycles. The maximum atomic E-state index is 6.21. The van der Waals surface area contributed by atoms with Gasteiger partial charge in [-0.2, -0.15) is 0 Å². The van der Waals surface area contributed by atoms with Crippen molar-refractivity contribution in [3.8, 4) is 5.75 Å². The first kappa shape index (κ1) is 14.6. The number of benzene rings is 2. The van der Waals surface area contributed by atoms with E-state index in [1.807, 2.05) is 42.5 Å². The Morgan fingerprint density at radius 1 is 1.25 bits per heavy atom. The number of ether oxygens (including phenoxy) is 1. The van der Waals surface area contributed by atoms with Crippen molar-refractivity contribution in [2.45, 2.75) is 6.54 Å². The minimum absolute atomic E-state index is 0.360. The molecule has 2 aromatic rings. The lowest BCUT2D eigenvalue weighted by atomic mass is 10.1. The average molecular weight is 307 g/mol. The molecule has 0 aliphatic heterocycles. The second kappa shape index (κ2) is 6.59. The van der Waals surface area contributed by atoms with Crippen LogP contribution in [-0.2, 0) is 6.54 Å². The highest BCUT2D eigenvalue weighted by Gasteiger charge is 2.09. The van der Waals surface area contributed by atoms with Crippen molar-refractivity contribution in [2.75, 3.05) is 12.4 Å². The first-order chi connectivity index (χ1) is 9.63. The van der Waals surface area contributed by atoms with Crippen molar-refractivity contribution in [2.24, 2.45) is 5.73 Å². The average Bonchev–Trinajstić information content (AvgIpc) is 2.46. The molecular formula is C15H15ClN2OS. The van der Waals surface area contributed by atoms with Crippen LogP contribution in [0.5, 0.6) is 5.75 Å². The van der Waals surface area contributed by atoms with Crippen LogP contribution in [0.1, 0.15) is 11.1 Å². The van der Waals surface area contributed by atoms with Gasteiger partial charge in [-0.1, -0.05) is 42.0 Å². The van der Waals surface area contributed by atoms with E-state index in [4.69, 9.17) is 34.3 Å². The Labute approximate surface area is 128 Å². The highest BCUT2D eigenvalue weighted by Crippen LogP contribution is 2.27. The van der Waals surface area contributed by atoms with E-state index < -0.39 is 0 Å². The monoisotopic (exact) mass is 306 g/mol. The Morgan fingerprint density at radius 3 is 2.70 bits per heavy atom. The number of thiocarbonyl (C=S) groups is 1. The number of para-hydroxylation sites is 1. The molecule has 2 aromatic carbocycles. The summed E-state index contributed by atoms with van der Waals surface area (Å²) in [6.45, 7) is 0.530. The summed E-state index contributed by atoms with van der Waals surface area (Å²) in [6, 6.07) is 13.2. The maximum Gasteiger partial charge on any atom is 0.125 e. The molecule has 3 N–H and O–H groups in total. The third-order valence-electron chi connectivity index (χ3n) is 2.94. The summed E-state index contributed by atoms with van der Waals surface area (Å²) in [5.41, 5.74) is 8.30. The standard InChI is InChI=1S/C15H15ClN2OS/c1-19-14-8-4-6-12(16)11(14)9-18-13-7-3-2-5-10(13)15(17)20/h2-8,18H,9H2,1H3,(H2,17,20). The molecule has 0 aromatic heterocycles. The van der Waals surface area contributed by atoms with Gasteiger partial charge in [0.1, 0.15) is 10.7 Å². The molecule has 2 rings (SSSR count). The summed E-state index contributed by atoms with van der Waals surface area (Å²) in [6.07, 6.45) is 0. The molecule has 0 amide bonds. The van der Waals surface area contributed by atoms with E-state index >= 15 is 0 Å². The molecule has 0 saturated heterocycles. The zero-order valence-corrected chi connectivity index (χ0v) is 12.6. The molecule has 0 unspecified atom stereocenters. The van der Waals surface area contributed by atoms with Gasteiger partial charge in [-0.3, -0.25) is 0 Å². The molecule has 0 atom stereocenters. The quantitative estimate of drug-likeness (QED) is 0.829. The van der Waals surface area contributed by atoms with Crippen molar-refractivity contribution in [1.29, 1.82) is 0 Å². The molecule has 5 heteroatoms. The van der Waals surface area contributed by atoms with Gasteiger partial charge in [-0.15, -0.1) is 0 Å². The van der Waals surface area contributed by atoms with Crippen molar-refractivity contribution in [1.82, 2.24) is 0 Å². The summed E-state index contributed by atoms with van der Waals surface area (Å²) in [7, 11) is 1.62. The molecule has 0 radical (unpaired) electrons. The Hall–Kier alpha value is -1.78. The molecule has 0 fully saturated rings. The number of hydrogen-bond donors (Lipinski definition) is 2. The van der Waals surface area contributed by atoms with Crippen LogP contribution in [0.2, 0.25) is 5.02 Å². The van der Waals surface area contributed by atoms with E-state index in [2.05, 4.69) is 5.32 Å². The van der Waals surface area contributed by atoms with Crippen LogP contribution in [0.25, 0.3) is 0 Å². The second-order valence-corrected chi connectivity index (χ2v) is 5.03. The third kappa shape index (κ3) is 3.21. The lowest BCUT2D eigenvalue weighted by Crippen LogP contribution is -2.13. The lowest BCUT2D eigenvalue weighted by Gasteiger charge is -2.14. The minimum Gasteiger partial charge on any atom is -0.496 e. The van der Waals surface area contributed by atoms with E-state index in [-0.39, 0.29) is 0 Å². The topological polar surface area (TPSA) is 47.3 Å². The molecule has 104 valence electrons. The lowest BCUT2D eigenvalue weighted by molar-refractivity contribution is 0.410. The number of methoxy groups -OCH3 is 1. The minimum atomic E-state index is 0.360. The molecule has 20 heavy (non-hydrogen) atoms. The smallest absolute Gasteiger partial charge is 0.125 e. The van der Waals surface area contributed by atoms with Crippen LogP contribution in [0, 0.1) is 0 Å². The summed E-state index contributed by atoms with van der Waals surface area (Å²) in [5, 5.41) is 3.95. The molecule has 0 aliphatic rings. The molecule has 0 aliphatic carbocycles. The predicted octanol–water partition coefficient (Wildman–Crippen LogP) is 3.59. The van der Waals surface area contributed by atoms with E-state index in [0.717, 1.165) is 22.6 Å². The second-order valence-electron chi connectivity index (χ2n) is 4.18. The Kier molecular flexibility index (Phi) is 4.82. The van der Waals surface area contributed by atoms with Gasteiger partial charge in [-0.05, 0) is 24.3 Å². The van der Waals surface area contributed by atoms with Gasteiger partial charge in [0.05, 0.1) is 7.11 Å². The fourth-order valence-electron chi connectivity index (χ4n) is 1.94. The highest BCUT2D eigenvalue weighted by molar-refractivity contribution is 7.80. The van der Waals surface area contributed by atoms with Gasteiger partial charge >= 0.3 is 0 Å². The SMILES string of the molecule is COc1cccc(Cl)c1CNc1ccccc1C(N)=S. The van der Waals surface area contributed by atoms with E-state index in [1.165, 1.54) is 0 Å². The van der Waals surface area contributed by atoms with Gasteiger partial charge in [0.25, 0.3) is 0 Å². The predicted molar refractivity (Wildman–Crippen MR) is 87.7 cm³/mol. The molecular weight excluding hydrogens is 292 g/mol. The van der Waals surface area contributed by atoms with Crippen LogP contribution in [-0.4, -0.2) is 12.1 Å². The Morgan fingerprint density at radius 2 is 2.00 bits per heavy atom. The van der Waals surface area contributed by atoms with Gasteiger partial charge < -0.3 is 15.8 Å². The third-order valence-corrected chi connectivity index (χ3v) is 3.52. The van der Waals surface area contributed by atoms with Crippen molar-refractivity contribution < 1.29 is 4.74 Å². The van der Waals surface area contributed by atoms with Gasteiger partial charge in [-0.25, -0.2) is 0 Å². The van der Waals surface area contributed by atoms with E-state index in [0.29, 0.717) is 16.6 Å². The zero-order chi connectivity index (χ0) is 14.5. The van der Waals surface area contributed by atoms with Crippen LogP contribution < -0.4 is 15.8 Å². The fraction of sp³-hybridized carbons (Fsp3) is 0.133. The van der Waals surface area contributed by atoms with Crippen LogP contribution in [0.4, 0.5) is 5.69 Å². The number of nitrogens with one attached hydrogen (secondary N) is 1. The maximum absolute atomic E-state index is 6.21. The summed E-state index contributed by atoms with van der Waals surface area (Å²) in [5.74, 6) is 0.748. The molecule has 3 nitrogen and oxygen atoms in total. The normalized spacial score (nSPS) is 10.1. The molecule has 0 heterocycles. The van der Waals surface area contributed by atoms with Crippen molar-refractivity contribution >= 4 is 34.5 Å². The number of rotatable bonds is 5. The molecule has 0 spiro atoms. The van der Waals surface area contributed by atoms with Crippen molar-refractivity contribution in [3.63, 3.8) is 0 Å². The zero-order valence-electron chi connectivity index (χ0n) is 11.0. The highest BCUT2D eigenvalue weighted by atomic mass is 35.5. The van der Waals surface area contributed by atoms with Gasteiger partial charge in [0.2, 0.25) is 0 Å². The first-order valence-electron chi connectivity index (χ1n) is 6.07. The summed E-state index contributed by atoms with van der Waals surface area (Å²) >= 11 is 11.2. The summed E-state index contributed by atoms with van der Waals surface area (Å²) < 4.78 is 5.32. The Balaban J connectivity index is 2.24. The van der Waals surface area contributed by atoms with E-state index in [1.54, 1.807) is 7.11 Å². The Bertz CT molecular complexity index is 631. The number of nitrogens with two attached hydrogens (primary N) is 1. The number of halogens is 1. The van der Waals surface area contributed by atoms with Crippen molar-refractivity contribution in [3.05, 3.63) is 58.6 Å². The van der Waals surface area contributed by atoms with Gasteiger partial charge in [0, 0.05) is 28.4 Å². The fourth-order valence-corrected chi connectivity index (χ4v) is 2.35. The number of hydrogen-bond acceptors (Lipinski definition) is 3. The number of anilines is 1. The summed E-state index contributed by atoms with van der Waals surface area (Å²) in [4.78, 5) is 0.360. The largest absolute Gasteiger partial charge is 0.496 e. The van der Waals surface area contributed by atoms with Crippen LogP contribution >= 0.6 is 23.8 Å². The van der Waals surface area contributed by atoms with Crippen LogP contribution in [0.3, 0.4) is 0 Å². The first-order valence-corrected chi connectivity index (χ1v) is 6.86. The van der Waals surface area contributed by atoms with Gasteiger partial charge in [0.15, 0.2) is 0 Å². The van der Waals surface area contributed by atoms with E-state index in [9.17, 15) is 0 Å². The van der Waals surface area contributed by atoms with Crippen LogP contribution in [0.15, 0.2) is 42.5 Å². The molecule has 0 bridgehead atoms.